The third-order valence-electron chi connectivity index (χ3n) is 4.69. The van der Waals surface area contributed by atoms with Crippen LogP contribution in [0.2, 0.25) is 0 Å². The molecule has 0 spiro atoms. The SMILES string of the molecule is CC[C@H](Oc1cccc(OC)c1)C(=O)NCc1ccc(OCc2ccc(F)cc2)cc1. The minimum absolute atomic E-state index is 0.179. The van der Waals surface area contributed by atoms with Gasteiger partial charge in [0.25, 0.3) is 5.91 Å². The lowest BCUT2D eigenvalue weighted by atomic mass is 10.2. The van der Waals surface area contributed by atoms with Crippen LogP contribution >= 0.6 is 0 Å². The van der Waals surface area contributed by atoms with Crippen molar-refractivity contribution in [2.75, 3.05) is 7.11 Å². The van der Waals surface area contributed by atoms with Crippen molar-refractivity contribution in [2.24, 2.45) is 0 Å². The zero-order valence-electron chi connectivity index (χ0n) is 17.6. The number of methoxy groups -OCH3 is 1. The molecular formula is C25H26FNO4. The molecule has 3 aromatic carbocycles. The van der Waals surface area contributed by atoms with Crippen LogP contribution in [0.5, 0.6) is 17.2 Å². The van der Waals surface area contributed by atoms with Crippen LogP contribution in [0, 0.1) is 5.82 Å². The Bertz CT molecular complexity index is 974. The largest absolute Gasteiger partial charge is 0.497 e. The quantitative estimate of drug-likeness (QED) is 0.505. The number of amides is 1. The molecule has 0 saturated heterocycles. The number of benzene rings is 3. The Balaban J connectivity index is 1.48. The molecule has 0 fully saturated rings. The summed E-state index contributed by atoms with van der Waals surface area (Å²) in [4.78, 5) is 12.5. The number of nitrogens with one attached hydrogen (secondary N) is 1. The molecule has 0 aliphatic heterocycles. The first-order valence-electron chi connectivity index (χ1n) is 10.1. The molecule has 1 amide bonds. The second kappa shape index (κ2) is 11.0. The molecule has 31 heavy (non-hydrogen) atoms. The van der Waals surface area contributed by atoms with Gasteiger partial charge < -0.3 is 19.5 Å². The standard InChI is InChI=1S/C25H26FNO4/c1-3-24(31-23-6-4-5-22(15-23)29-2)25(28)27-16-18-9-13-21(14-10-18)30-17-19-7-11-20(26)12-8-19/h4-15,24H,3,16-17H2,1-2H3,(H,27,28)/t24-/m0/s1. The molecule has 0 heterocycles. The van der Waals surface area contributed by atoms with Crippen molar-refractivity contribution in [3.8, 4) is 17.2 Å². The van der Waals surface area contributed by atoms with Gasteiger partial charge in [0.1, 0.15) is 29.7 Å². The van der Waals surface area contributed by atoms with Gasteiger partial charge in [0.15, 0.2) is 6.10 Å². The summed E-state index contributed by atoms with van der Waals surface area (Å²) in [5, 5.41) is 2.91. The fraction of sp³-hybridized carbons (Fsp3) is 0.240. The predicted octanol–water partition coefficient (Wildman–Crippen LogP) is 4.89. The molecule has 0 unspecified atom stereocenters. The number of carbonyl (C=O) groups excluding carboxylic acids is 1. The van der Waals surface area contributed by atoms with Gasteiger partial charge in [-0.3, -0.25) is 4.79 Å². The van der Waals surface area contributed by atoms with E-state index in [4.69, 9.17) is 14.2 Å². The van der Waals surface area contributed by atoms with E-state index in [-0.39, 0.29) is 11.7 Å². The molecule has 0 aromatic heterocycles. The van der Waals surface area contributed by atoms with E-state index in [1.54, 1.807) is 31.4 Å². The Hall–Kier alpha value is -3.54. The molecule has 0 bridgehead atoms. The summed E-state index contributed by atoms with van der Waals surface area (Å²) in [6.45, 7) is 2.64. The highest BCUT2D eigenvalue weighted by Crippen LogP contribution is 2.21. The lowest BCUT2D eigenvalue weighted by molar-refractivity contribution is -0.128. The van der Waals surface area contributed by atoms with Gasteiger partial charge in [-0.15, -0.1) is 0 Å². The molecule has 1 atom stereocenters. The van der Waals surface area contributed by atoms with Gasteiger partial charge in [-0.05, 0) is 53.9 Å². The zero-order valence-corrected chi connectivity index (χ0v) is 17.6. The summed E-state index contributed by atoms with van der Waals surface area (Å²) in [6, 6.07) is 20.9. The van der Waals surface area contributed by atoms with E-state index < -0.39 is 6.10 Å². The van der Waals surface area contributed by atoms with Crippen molar-refractivity contribution in [1.29, 1.82) is 0 Å². The van der Waals surface area contributed by atoms with Gasteiger partial charge in [0.2, 0.25) is 0 Å². The van der Waals surface area contributed by atoms with Crippen molar-refractivity contribution in [1.82, 2.24) is 5.32 Å². The van der Waals surface area contributed by atoms with Crippen LogP contribution in [0.25, 0.3) is 0 Å². The van der Waals surface area contributed by atoms with Gasteiger partial charge in [0.05, 0.1) is 7.11 Å². The number of ether oxygens (including phenoxy) is 3. The number of rotatable bonds is 10. The van der Waals surface area contributed by atoms with E-state index in [0.29, 0.717) is 36.8 Å². The van der Waals surface area contributed by atoms with E-state index in [9.17, 15) is 9.18 Å². The first-order valence-corrected chi connectivity index (χ1v) is 10.1. The van der Waals surface area contributed by atoms with Gasteiger partial charge in [0, 0.05) is 12.6 Å². The number of hydrogen-bond acceptors (Lipinski definition) is 4. The minimum atomic E-state index is -0.592. The maximum Gasteiger partial charge on any atom is 0.261 e. The second-order valence-electron chi connectivity index (χ2n) is 6.97. The zero-order chi connectivity index (χ0) is 22.1. The van der Waals surface area contributed by atoms with Crippen molar-refractivity contribution < 1.29 is 23.4 Å². The molecule has 5 nitrogen and oxygen atoms in total. The minimum Gasteiger partial charge on any atom is -0.497 e. The van der Waals surface area contributed by atoms with Gasteiger partial charge in [-0.25, -0.2) is 4.39 Å². The average Bonchev–Trinajstić information content (AvgIpc) is 2.81. The smallest absolute Gasteiger partial charge is 0.261 e. The lowest BCUT2D eigenvalue weighted by Crippen LogP contribution is -2.37. The summed E-state index contributed by atoms with van der Waals surface area (Å²) in [5.41, 5.74) is 1.83. The fourth-order valence-electron chi connectivity index (χ4n) is 2.91. The summed E-state index contributed by atoms with van der Waals surface area (Å²) in [5.74, 6) is 1.52. The van der Waals surface area contributed by atoms with Crippen molar-refractivity contribution in [3.63, 3.8) is 0 Å². The van der Waals surface area contributed by atoms with Gasteiger partial charge in [-0.1, -0.05) is 37.3 Å². The summed E-state index contributed by atoms with van der Waals surface area (Å²) in [6.07, 6.45) is -0.0513. The molecule has 1 N–H and O–H groups in total. The first-order chi connectivity index (χ1) is 15.1. The Labute approximate surface area is 181 Å². The number of halogens is 1. The molecular weight excluding hydrogens is 397 g/mol. The Morgan fingerprint density at radius 2 is 1.61 bits per heavy atom. The normalized spacial score (nSPS) is 11.5. The summed E-state index contributed by atoms with van der Waals surface area (Å²) < 4.78 is 29.7. The van der Waals surface area contributed by atoms with Crippen LogP contribution in [0.15, 0.2) is 72.8 Å². The topological polar surface area (TPSA) is 56.8 Å². The van der Waals surface area contributed by atoms with E-state index in [1.165, 1.54) is 12.1 Å². The maximum absolute atomic E-state index is 13.0. The number of hydrogen-bond donors (Lipinski definition) is 1. The molecule has 0 aliphatic rings. The van der Waals surface area contributed by atoms with E-state index in [1.807, 2.05) is 43.3 Å². The fourth-order valence-corrected chi connectivity index (χ4v) is 2.91. The monoisotopic (exact) mass is 423 g/mol. The predicted molar refractivity (Wildman–Crippen MR) is 117 cm³/mol. The number of carbonyl (C=O) groups is 1. The van der Waals surface area contributed by atoms with E-state index in [0.717, 1.165) is 11.1 Å². The average molecular weight is 423 g/mol. The molecule has 3 rings (SSSR count). The van der Waals surface area contributed by atoms with Crippen LogP contribution in [0.1, 0.15) is 24.5 Å². The summed E-state index contributed by atoms with van der Waals surface area (Å²) in [7, 11) is 1.59. The highest BCUT2D eigenvalue weighted by molar-refractivity contribution is 5.81. The third-order valence-corrected chi connectivity index (χ3v) is 4.69. The molecule has 0 aliphatic carbocycles. The van der Waals surface area contributed by atoms with Crippen LogP contribution < -0.4 is 19.5 Å². The molecule has 6 heteroatoms. The van der Waals surface area contributed by atoms with Crippen LogP contribution in [-0.4, -0.2) is 19.1 Å². The highest BCUT2D eigenvalue weighted by Gasteiger charge is 2.18. The second-order valence-corrected chi connectivity index (χ2v) is 6.97. The third kappa shape index (κ3) is 6.74. The van der Waals surface area contributed by atoms with Crippen molar-refractivity contribution in [3.05, 3.63) is 89.7 Å². The van der Waals surface area contributed by atoms with Crippen LogP contribution in [0.4, 0.5) is 4.39 Å². The van der Waals surface area contributed by atoms with Gasteiger partial charge >= 0.3 is 0 Å². The van der Waals surface area contributed by atoms with Crippen LogP contribution in [0.3, 0.4) is 0 Å². The van der Waals surface area contributed by atoms with Crippen molar-refractivity contribution >= 4 is 5.91 Å². The summed E-state index contributed by atoms with van der Waals surface area (Å²) >= 11 is 0. The maximum atomic E-state index is 13.0. The lowest BCUT2D eigenvalue weighted by Gasteiger charge is -2.18. The molecule has 3 aromatic rings. The Morgan fingerprint density at radius 3 is 2.29 bits per heavy atom. The molecule has 0 radical (unpaired) electrons. The molecule has 162 valence electrons. The van der Waals surface area contributed by atoms with Crippen molar-refractivity contribution in [2.45, 2.75) is 32.6 Å². The Morgan fingerprint density at radius 1 is 0.935 bits per heavy atom. The van der Waals surface area contributed by atoms with Crippen LogP contribution in [-0.2, 0) is 17.9 Å². The Kier molecular flexibility index (Phi) is 7.87. The van der Waals surface area contributed by atoms with Gasteiger partial charge in [-0.2, -0.15) is 0 Å². The molecule has 0 saturated carbocycles. The first kappa shape index (κ1) is 22.2. The van der Waals surface area contributed by atoms with E-state index >= 15 is 0 Å². The van der Waals surface area contributed by atoms with E-state index in [2.05, 4.69) is 5.32 Å². The highest BCUT2D eigenvalue weighted by atomic mass is 19.1.